The number of nitrogens with two attached hydrogens (primary N) is 1. The Morgan fingerprint density at radius 3 is 2.56 bits per heavy atom. The molecule has 0 radical (unpaired) electrons. The van der Waals surface area contributed by atoms with Gasteiger partial charge in [0.1, 0.15) is 6.61 Å². The first-order valence-corrected chi connectivity index (χ1v) is 7.53. The molecule has 8 nitrogen and oxygen atoms in total. The molecule has 0 aliphatic heterocycles. The number of hydrogen-bond acceptors (Lipinski definition) is 5. The van der Waals surface area contributed by atoms with Crippen LogP contribution >= 0.6 is 0 Å². The summed E-state index contributed by atoms with van der Waals surface area (Å²) in [5.41, 5.74) is 7.67. The van der Waals surface area contributed by atoms with Gasteiger partial charge in [-0.2, -0.15) is 5.48 Å². The normalized spacial score (nSPS) is 11.7. The number of carbonyl (C=O) groups excluding carboxylic acids is 2. The SMILES string of the molecule is NC(=O)CC[C@@H](ONC(=O)OCc1cccc2ccccc12)C(=O)O. The van der Waals surface area contributed by atoms with Crippen LogP contribution in [-0.2, 0) is 25.8 Å². The van der Waals surface area contributed by atoms with Crippen LogP contribution in [0.15, 0.2) is 42.5 Å². The van der Waals surface area contributed by atoms with E-state index in [1.165, 1.54) is 0 Å². The van der Waals surface area contributed by atoms with Crippen molar-refractivity contribution in [1.29, 1.82) is 0 Å². The predicted molar refractivity (Wildman–Crippen MR) is 88.2 cm³/mol. The number of rotatable bonds is 8. The molecule has 2 rings (SSSR count). The number of carbonyl (C=O) groups is 3. The van der Waals surface area contributed by atoms with E-state index in [9.17, 15) is 14.4 Å². The molecule has 0 aromatic heterocycles. The van der Waals surface area contributed by atoms with Crippen molar-refractivity contribution >= 4 is 28.7 Å². The second-order valence-electron chi connectivity index (χ2n) is 5.27. The number of benzene rings is 2. The minimum absolute atomic E-state index is 0.00439. The molecule has 0 aliphatic rings. The number of hydrogen-bond donors (Lipinski definition) is 3. The fraction of sp³-hybridized carbons (Fsp3) is 0.235. The van der Waals surface area contributed by atoms with Gasteiger partial charge in [0.05, 0.1) is 0 Å². The van der Waals surface area contributed by atoms with Crippen molar-refractivity contribution in [2.24, 2.45) is 5.73 Å². The summed E-state index contributed by atoms with van der Waals surface area (Å²) in [5.74, 6) is -1.98. The van der Waals surface area contributed by atoms with Gasteiger partial charge in [0.2, 0.25) is 5.91 Å². The number of fused-ring (bicyclic) bond motifs is 1. The van der Waals surface area contributed by atoms with Gasteiger partial charge in [-0.05, 0) is 22.8 Å². The molecular formula is C17H18N2O6. The van der Waals surface area contributed by atoms with Crippen LogP contribution in [0.3, 0.4) is 0 Å². The standard InChI is InChI=1S/C17H18N2O6/c18-15(20)9-8-14(16(21)22)25-19-17(23)24-10-12-6-3-5-11-4-1-2-7-13(11)12/h1-7,14H,8-10H2,(H2,18,20)(H,19,23)(H,21,22)/t14-/m1/s1. The highest BCUT2D eigenvalue weighted by molar-refractivity contribution is 5.85. The van der Waals surface area contributed by atoms with Crippen LogP contribution in [0.2, 0.25) is 0 Å². The molecule has 0 saturated carbocycles. The summed E-state index contributed by atoms with van der Waals surface area (Å²) in [6, 6.07) is 13.3. The molecule has 25 heavy (non-hydrogen) atoms. The summed E-state index contributed by atoms with van der Waals surface area (Å²) in [7, 11) is 0. The van der Waals surface area contributed by atoms with E-state index in [1.807, 2.05) is 47.9 Å². The fourth-order valence-electron chi connectivity index (χ4n) is 2.22. The van der Waals surface area contributed by atoms with E-state index >= 15 is 0 Å². The molecule has 8 heteroatoms. The zero-order valence-corrected chi connectivity index (χ0v) is 13.3. The Morgan fingerprint density at radius 1 is 1.12 bits per heavy atom. The van der Waals surface area contributed by atoms with Gasteiger partial charge in [-0.3, -0.25) is 9.63 Å². The first-order chi connectivity index (χ1) is 12.0. The number of primary amides is 1. The van der Waals surface area contributed by atoms with Crippen LogP contribution in [0.5, 0.6) is 0 Å². The average molecular weight is 346 g/mol. The van der Waals surface area contributed by atoms with Crippen LogP contribution in [-0.4, -0.2) is 29.2 Å². The first kappa shape index (κ1) is 18.2. The Kier molecular flexibility index (Phi) is 6.30. The summed E-state index contributed by atoms with van der Waals surface area (Å²) >= 11 is 0. The molecule has 1 atom stereocenters. The van der Waals surface area contributed by atoms with Gasteiger partial charge in [0.15, 0.2) is 6.10 Å². The van der Waals surface area contributed by atoms with Gasteiger partial charge in [-0.1, -0.05) is 42.5 Å². The number of ether oxygens (including phenoxy) is 1. The maximum absolute atomic E-state index is 11.7. The van der Waals surface area contributed by atoms with Crippen molar-refractivity contribution in [1.82, 2.24) is 5.48 Å². The smallest absolute Gasteiger partial charge is 0.431 e. The zero-order chi connectivity index (χ0) is 18.2. The van der Waals surface area contributed by atoms with Crippen LogP contribution in [0.1, 0.15) is 18.4 Å². The van der Waals surface area contributed by atoms with E-state index in [0.29, 0.717) is 0 Å². The summed E-state index contributed by atoms with van der Waals surface area (Å²) in [6.45, 7) is -0.00439. The molecule has 2 aromatic carbocycles. The number of carboxylic acid groups (broad SMARTS) is 1. The zero-order valence-electron chi connectivity index (χ0n) is 13.3. The van der Waals surface area contributed by atoms with E-state index in [2.05, 4.69) is 0 Å². The van der Waals surface area contributed by atoms with Crippen molar-refractivity contribution in [3.05, 3.63) is 48.0 Å². The van der Waals surface area contributed by atoms with Crippen molar-refractivity contribution < 1.29 is 29.1 Å². The molecule has 0 heterocycles. The van der Waals surface area contributed by atoms with Crippen LogP contribution in [0.4, 0.5) is 4.79 Å². The Hall–Kier alpha value is -3.13. The van der Waals surface area contributed by atoms with E-state index in [1.54, 1.807) is 0 Å². The van der Waals surface area contributed by atoms with E-state index < -0.39 is 24.1 Å². The molecule has 132 valence electrons. The van der Waals surface area contributed by atoms with Crippen molar-refractivity contribution in [3.63, 3.8) is 0 Å². The highest BCUT2D eigenvalue weighted by Gasteiger charge is 2.21. The lowest BCUT2D eigenvalue weighted by molar-refractivity contribution is -0.155. The molecule has 0 aliphatic carbocycles. The lowest BCUT2D eigenvalue weighted by atomic mass is 10.1. The molecule has 0 spiro atoms. The largest absolute Gasteiger partial charge is 0.479 e. The summed E-state index contributed by atoms with van der Waals surface area (Å²) in [6.07, 6.45) is -2.66. The van der Waals surface area contributed by atoms with Gasteiger partial charge in [-0.25, -0.2) is 9.59 Å². The van der Waals surface area contributed by atoms with Crippen molar-refractivity contribution in [2.45, 2.75) is 25.6 Å². The van der Waals surface area contributed by atoms with Crippen LogP contribution in [0.25, 0.3) is 10.8 Å². The Bertz CT molecular complexity index is 771. The minimum Gasteiger partial charge on any atom is -0.479 e. The summed E-state index contributed by atoms with van der Waals surface area (Å²) in [5, 5.41) is 10.9. The Balaban J connectivity index is 1.87. The predicted octanol–water partition coefficient (Wildman–Crippen LogP) is 1.72. The molecule has 2 amide bonds. The van der Waals surface area contributed by atoms with E-state index in [-0.39, 0.29) is 19.4 Å². The lowest BCUT2D eigenvalue weighted by Crippen LogP contribution is -2.35. The maximum atomic E-state index is 11.7. The van der Waals surface area contributed by atoms with Gasteiger partial charge in [0.25, 0.3) is 0 Å². The van der Waals surface area contributed by atoms with E-state index in [0.717, 1.165) is 16.3 Å². The third kappa shape index (κ3) is 5.47. The molecule has 0 bridgehead atoms. The molecule has 0 unspecified atom stereocenters. The van der Waals surface area contributed by atoms with Gasteiger partial charge < -0.3 is 15.6 Å². The maximum Gasteiger partial charge on any atom is 0.431 e. The number of aliphatic carboxylic acids is 1. The number of amides is 2. The van der Waals surface area contributed by atoms with Crippen LogP contribution < -0.4 is 11.2 Å². The Morgan fingerprint density at radius 2 is 1.84 bits per heavy atom. The molecule has 0 saturated heterocycles. The summed E-state index contributed by atoms with van der Waals surface area (Å²) in [4.78, 5) is 38.1. The molecular weight excluding hydrogens is 328 g/mol. The summed E-state index contributed by atoms with van der Waals surface area (Å²) < 4.78 is 5.03. The first-order valence-electron chi connectivity index (χ1n) is 7.53. The fourth-order valence-corrected chi connectivity index (χ4v) is 2.22. The second-order valence-corrected chi connectivity index (χ2v) is 5.27. The third-order valence-corrected chi connectivity index (χ3v) is 3.45. The van der Waals surface area contributed by atoms with Crippen LogP contribution in [0, 0.1) is 0 Å². The van der Waals surface area contributed by atoms with E-state index in [4.69, 9.17) is 20.4 Å². The second kappa shape index (κ2) is 8.65. The quantitative estimate of drug-likeness (QED) is 0.624. The van der Waals surface area contributed by atoms with Gasteiger partial charge in [0, 0.05) is 6.42 Å². The topological polar surface area (TPSA) is 128 Å². The molecule has 2 aromatic rings. The number of hydroxylamine groups is 1. The monoisotopic (exact) mass is 346 g/mol. The molecule has 0 fully saturated rings. The minimum atomic E-state index is -1.39. The number of carboxylic acids is 1. The highest BCUT2D eigenvalue weighted by atomic mass is 16.7. The third-order valence-electron chi connectivity index (χ3n) is 3.45. The van der Waals surface area contributed by atoms with Crippen molar-refractivity contribution in [2.75, 3.05) is 0 Å². The van der Waals surface area contributed by atoms with Gasteiger partial charge in [-0.15, -0.1) is 0 Å². The average Bonchev–Trinajstić information content (AvgIpc) is 2.59. The highest BCUT2D eigenvalue weighted by Crippen LogP contribution is 2.19. The van der Waals surface area contributed by atoms with Crippen molar-refractivity contribution in [3.8, 4) is 0 Å². The Labute approximate surface area is 143 Å². The van der Waals surface area contributed by atoms with Gasteiger partial charge >= 0.3 is 12.1 Å². The lowest BCUT2D eigenvalue weighted by Gasteiger charge is -2.13. The number of nitrogens with one attached hydrogen (secondary N) is 1. The molecule has 4 N–H and O–H groups in total.